The standard InChI is InChI=1S/C29H30N4O7S2/c34-27-26(28(35)31-29(36)30-27)4-2-1-3-25(21-5-9-23(10-6-21)32-13-17-41(37,38)18-14-32)22-7-11-24(12-8-22)33-15-19-42(39,40)20-16-33/h1-12H,13-20H2,(H2,30,31,34,35,36)/b2-1+. The smallest absolute Gasteiger partial charge is 0.328 e. The summed E-state index contributed by atoms with van der Waals surface area (Å²) >= 11 is 0. The highest BCUT2D eigenvalue weighted by Crippen LogP contribution is 2.29. The molecule has 2 aromatic rings. The fourth-order valence-electron chi connectivity index (χ4n) is 4.93. The number of nitrogens with zero attached hydrogens (tertiary/aromatic N) is 2. The number of hydrogen-bond donors (Lipinski definition) is 2. The van der Waals surface area contributed by atoms with Crippen LogP contribution in [0, 0.1) is 0 Å². The Labute approximate surface area is 244 Å². The van der Waals surface area contributed by atoms with E-state index in [2.05, 4.69) is 0 Å². The van der Waals surface area contributed by atoms with E-state index in [1.54, 1.807) is 6.08 Å². The van der Waals surface area contributed by atoms with Crippen LogP contribution in [0.15, 0.2) is 78.4 Å². The molecule has 3 aliphatic heterocycles. The molecule has 0 saturated carbocycles. The summed E-state index contributed by atoms with van der Waals surface area (Å²) in [5, 5.41) is 4.07. The van der Waals surface area contributed by atoms with Gasteiger partial charge in [0.1, 0.15) is 5.57 Å². The number of benzene rings is 2. The molecule has 0 unspecified atom stereocenters. The molecule has 0 bridgehead atoms. The van der Waals surface area contributed by atoms with Crippen LogP contribution in [0.5, 0.6) is 0 Å². The molecule has 13 heteroatoms. The van der Waals surface area contributed by atoms with E-state index in [0.29, 0.717) is 26.2 Å². The first kappa shape index (κ1) is 29.3. The number of sulfone groups is 2. The molecule has 4 amide bonds. The van der Waals surface area contributed by atoms with Crippen molar-refractivity contribution in [3.8, 4) is 0 Å². The molecule has 2 N–H and O–H groups in total. The molecule has 0 atom stereocenters. The fourth-order valence-corrected chi connectivity index (χ4v) is 7.34. The van der Waals surface area contributed by atoms with Crippen molar-refractivity contribution in [1.29, 1.82) is 0 Å². The minimum absolute atomic E-state index is 0.125. The third-order valence-corrected chi connectivity index (χ3v) is 10.6. The summed E-state index contributed by atoms with van der Waals surface area (Å²) in [5.74, 6) is -1.06. The highest BCUT2D eigenvalue weighted by atomic mass is 32.2. The number of amides is 4. The van der Waals surface area contributed by atoms with Gasteiger partial charge in [-0.05, 0) is 47.0 Å². The van der Waals surface area contributed by atoms with Crippen molar-refractivity contribution in [3.63, 3.8) is 0 Å². The number of urea groups is 1. The average Bonchev–Trinajstić information content (AvgIpc) is 2.95. The SMILES string of the molecule is O=C1NC(=O)C(=C/C=C/C=C(c2ccc(N3CCS(=O)(=O)CC3)cc2)c2ccc(N3CCS(=O)(=O)CC3)cc2)C(=O)N1. The van der Waals surface area contributed by atoms with Gasteiger partial charge in [0, 0.05) is 37.6 Å². The van der Waals surface area contributed by atoms with Crippen molar-refractivity contribution >= 4 is 54.5 Å². The van der Waals surface area contributed by atoms with E-state index in [-0.39, 0.29) is 28.6 Å². The maximum absolute atomic E-state index is 12.0. The number of rotatable bonds is 6. The minimum Gasteiger partial charge on any atom is -0.369 e. The Hall–Kier alpha value is -4.23. The number of anilines is 2. The summed E-state index contributed by atoms with van der Waals surface area (Å²) < 4.78 is 47.3. The normalized spacial score (nSPS) is 20.2. The van der Waals surface area contributed by atoms with Crippen molar-refractivity contribution in [2.45, 2.75) is 0 Å². The maximum atomic E-state index is 12.0. The second-order valence-corrected chi connectivity index (χ2v) is 14.8. The maximum Gasteiger partial charge on any atom is 0.328 e. The van der Waals surface area contributed by atoms with Gasteiger partial charge in [-0.15, -0.1) is 0 Å². The Morgan fingerprint density at radius 3 is 1.43 bits per heavy atom. The molecular weight excluding hydrogens is 580 g/mol. The van der Waals surface area contributed by atoms with Gasteiger partial charge in [-0.25, -0.2) is 21.6 Å². The molecule has 2 aromatic carbocycles. The monoisotopic (exact) mass is 610 g/mol. The summed E-state index contributed by atoms with van der Waals surface area (Å²) in [6.45, 7) is 1.75. The van der Waals surface area contributed by atoms with Crippen LogP contribution in [0.3, 0.4) is 0 Å². The van der Waals surface area contributed by atoms with Crippen molar-refractivity contribution in [2.24, 2.45) is 0 Å². The molecule has 11 nitrogen and oxygen atoms in total. The third-order valence-electron chi connectivity index (χ3n) is 7.36. The summed E-state index contributed by atoms with van der Waals surface area (Å²) in [6, 6.07) is 14.7. The molecule has 0 radical (unpaired) electrons. The van der Waals surface area contributed by atoms with Crippen LogP contribution in [0.4, 0.5) is 16.2 Å². The second-order valence-electron chi connectivity index (χ2n) is 10.2. The van der Waals surface area contributed by atoms with Crippen molar-refractivity contribution in [1.82, 2.24) is 10.6 Å². The first-order valence-electron chi connectivity index (χ1n) is 13.4. The van der Waals surface area contributed by atoms with Gasteiger partial charge in [0.05, 0.1) is 23.0 Å². The number of imide groups is 2. The van der Waals surface area contributed by atoms with Crippen LogP contribution in [0.1, 0.15) is 11.1 Å². The number of hydrogen-bond acceptors (Lipinski definition) is 9. The predicted octanol–water partition coefficient (Wildman–Crippen LogP) is 1.44. The molecule has 0 aromatic heterocycles. The van der Waals surface area contributed by atoms with Crippen LogP contribution < -0.4 is 20.4 Å². The Bertz CT molecular complexity index is 1570. The molecule has 3 heterocycles. The van der Waals surface area contributed by atoms with Gasteiger partial charge < -0.3 is 9.80 Å². The Balaban J connectivity index is 1.41. The van der Waals surface area contributed by atoms with Gasteiger partial charge in [-0.3, -0.25) is 20.2 Å². The van der Waals surface area contributed by atoms with Gasteiger partial charge in [-0.1, -0.05) is 42.5 Å². The van der Waals surface area contributed by atoms with Gasteiger partial charge in [0.15, 0.2) is 19.7 Å². The van der Waals surface area contributed by atoms with Gasteiger partial charge >= 0.3 is 6.03 Å². The lowest BCUT2D eigenvalue weighted by molar-refractivity contribution is -0.124. The van der Waals surface area contributed by atoms with E-state index in [4.69, 9.17) is 0 Å². The predicted molar refractivity (Wildman–Crippen MR) is 161 cm³/mol. The molecule has 3 saturated heterocycles. The van der Waals surface area contributed by atoms with Crippen LogP contribution in [-0.4, -0.2) is 83.9 Å². The average molecular weight is 611 g/mol. The minimum atomic E-state index is -2.99. The lowest BCUT2D eigenvalue weighted by Gasteiger charge is -2.29. The highest BCUT2D eigenvalue weighted by molar-refractivity contribution is 7.91. The lowest BCUT2D eigenvalue weighted by atomic mass is 9.96. The topological polar surface area (TPSA) is 150 Å². The second kappa shape index (κ2) is 11.9. The first-order chi connectivity index (χ1) is 20.0. The van der Waals surface area contributed by atoms with E-state index >= 15 is 0 Å². The van der Waals surface area contributed by atoms with Crippen molar-refractivity contribution in [2.75, 3.05) is 59.0 Å². The number of barbiturate groups is 1. The highest BCUT2D eigenvalue weighted by Gasteiger charge is 2.27. The molecule has 0 aliphatic carbocycles. The zero-order valence-corrected chi connectivity index (χ0v) is 24.3. The summed E-state index contributed by atoms with van der Waals surface area (Å²) in [5.41, 5.74) is 4.27. The number of nitrogens with one attached hydrogen (secondary N) is 2. The van der Waals surface area contributed by atoms with E-state index in [1.807, 2.05) is 75.0 Å². The molecule has 5 rings (SSSR count). The summed E-state index contributed by atoms with van der Waals surface area (Å²) in [7, 11) is -5.99. The van der Waals surface area contributed by atoms with Gasteiger partial charge in [0.2, 0.25) is 0 Å². The molecule has 3 aliphatic rings. The molecular formula is C29H30N4O7S2. The fraction of sp³-hybridized carbons (Fsp3) is 0.276. The molecule has 42 heavy (non-hydrogen) atoms. The summed E-state index contributed by atoms with van der Waals surface area (Å²) in [6.07, 6.45) is 6.39. The zero-order valence-electron chi connectivity index (χ0n) is 22.7. The largest absolute Gasteiger partial charge is 0.369 e. The third kappa shape index (κ3) is 6.97. The zero-order chi connectivity index (χ0) is 29.9. The van der Waals surface area contributed by atoms with Gasteiger partial charge in [0.25, 0.3) is 11.8 Å². The Morgan fingerprint density at radius 2 is 1.02 bits per heavy atom. The van der Waals surface area contributed by atoms with Crippen LogP contribution in [-0.2, 0) is 29.3 Å². The molecule has 3 fully saturated rings. The van der Waals surface area contributed by atoms with E-state index in [1.165, 1.54) is 12.2 Å². The lowest BCUT2D eigenvalue weighted by Crippen LogP contribution is -2.51. The van der Waals surface area contributed by atoms with Gasteiger partial charge in [-0.2, -0.15) is 0 Å². The van der Waals surface area contributed by atoms with E-state index in [9.17, 15) is 31.2 Å². The van der Waals surface area contributed by atoms with E-state index < -0.39 is 37.5 Å². The quantitative estimate of drug-likeness (QED) is 0.281. The number of allylic oxidation sites excluding steroid dienone is 4. The van der Waals surface area contributed by atoms with Crippen molar-refractivity contribution in [3.05, 3.63) is 89.5 Å². The Morgan fingerprint density at radius 1 is 0.619 bits per heavy atom. The van der Waals surface area contributed by atoms with Crippen molar-refractivity contribution < 1.29 is 31.2 Å². The first-order valence-corrected chi connectivity index (χ1v) is 17.0. The van der Waals surface area contributed by atoms with Crippen LogP contribution in [0.2, 0.25) is 0 Å². The molecule has 220 valence electrons. The molecule has 0 spiro atoms. The van der Waals surface area contributed by atoms with Crippen LogP contribution >= 0.6 is 0 Å². The number of carbonyl (C=O) groups excluding carboxylic acids is 3. The Kier molecular flexibility index (Phi) is 8.32. The van der Waals surface area contributed by atoms with E-state index in [0.717, 1.165) is 28.1 Å². The van der Waals surface area contributed by atoms with Crippen LogP contribution in [0.25, 0.3) is 5.57 Å². The summed E-state index contributed by atoms with van der Waals surface area (Å²) in [4.78, 5) is 39.4. The number of carbonyl (C=O) groups is 3.